The molecule has 5 nitrogen and oxygen atoms in total. The molecule has 1 aliphatic rings. The minimum Gasteiger partial charge on any atom is -0.382 e. The number of hydrogen-bond donors (Lipinski definition) is 1. The zero-order valence-electron chi connectivity index (χ0n) is 14.5. The second-order valence-corrected chi connectivity index (χ2v) is 6.44. The summed E-state index contributed by atoms with van der Waals surface area (Å²) in [5, 5.41) is 21.6. The van der Waals surface area contributed by atoms with Gasteiger partial charge in [-0.1, -0.05) is 18.2 Å². The summed E-state index contributed by atoms with van der Waals surface area (Å²) in [6, 6.07) is 11.1. The van der Waals surface area contributed by atoms with Crippen molar-refractivity contribution in [2.75, 3.05) is 23.3 Å². The van der Waals surface area contributed by atoms with Gasteiger partial charge in [0.1, 0.15) is 11.6 Å². The molecule has 0 bridgehead atoms. The lowest BCUT2D eigenvalue weighted by Gasteiger charge is -2.34. The number of rotatable bonds is 3. The van der Waals surface area contributed by atoms with Crippen LogP contribution in [0.5, 0.6) is 0 Å². The van der Waals surface area contributed by atoms with Gasteiger partial charge in [0.2, 0.25) is 0 Å². The molecule has 2 heterocycles. The maximum Gasteiger partial charge on any atom is 0.169 e. The molecule has 24 heavy (non-hydrogen) atoms. The highest BCUT2D eigenvalue weighted by molar-refractivity contribution is 5.58. The van der Waals surface area contributed by atoms with Crippen molar-refractivity contribution in [1.82, 2.24) is 10.2 Å². The zero-order valence-corrected chi connectivity index (χ0v) is 14.5. The van der Waals surface area contributed by atoms with Gasteiger partial charge in [0.25, 0.3) is 0 Å². The molecular weight excluding hydrogens is 298 g/mol. The van der Waals surface area contributed by atoms with Crippen molar-refractivity contribution in [1.29, 1.82) is 5.26 Å². The van der Waals surface area contributed by atoms with Gasteiger partial charge in [-0.15, -0.1) is 5.10 Å². The van der Waals surface area contributed by atoms with Crippen LogP contribution in [0.15, 0.2) is 24.3 Å². The molecule has 0 amide bonds. The van der Waals surface area contributed by atoms with Gasteiger partial charge in [0.05, 0.1) is 5.69 Å². The summed E-state index contributed by atoms with van der Waals surface area (Å²) >= 11 is 0. The molecule has 0 aliphatic carbocycles. The maximum absolute atomic E-state index is 9.47. The molecule has 0 spiro atoms. The topological polar surface area (TPSA) is 64.8 Å². The molecule has 0 saturated carbocycles. The first-order chi connectivity index (χ1) is 11.6. The van der Waals surface area contributed by atoms with Crippen molar-refractivity contribution in [3.8, 4) is 6.07 Å². The van der Waals surface area contributed by atoms with E-state index in [0.717, 1.165) is 43.0 Å². The average molecular weight is 321 g/mol. The highest BCUT2D eigenvalue weighted by Gasteiger charge is 2.23. The Balaban J connectivity index is 1.69. The van der Waals surface area contributed by atoms with Gasteiger partial charge in [0, 0.05) is 24.8 Å². The number of nitrogens with one attached hydrogen (secondary N) is 1. The van der Waals surface area contributed by atoms with Crippen molar-refractivity contribution in [2.45, 2.75) is 39.7 Å². The van der Waals surface area contributed by atoms with E-state index in [9.17, 15) is 5.26 Å². The minimum atomic E-state index is 0.451. The van der Waals surface area contributed by atoms with Crippen LogP contribution in [-0.2, 0) is 0 Å². The van der Waals surface area contributed by atoms with Crippen molar-refractivity contribution in [3.05, 3.63) is 46.6 Å². The van der Waals surface area contributed by atoms with E-state index < -0.39 is 0 Å². The Morgan fingerprint density at radius 1 is 1.12 bits per heavy atom. The van der Waals surface area contributed by atoms with Crippen LogP contribution in [0.4, 0.5) is 11.5 Å². The zero-order chi connectivity index (χ0) is 17.1. The van der Waals surface area contributed by atoms with E-state index in [-0.39, 0.29) is 0 Å². The molecular formula is C19H23N5. The Morgan fingerprint density at radius 3 is 2.50 bits per heavy atom. The molecule has 5 heteroatoms. The average Bonchev–Trinajstić information content (AvgIpc) is 2.60. The van der Waals surface area contributed by atoms with Crippen LogP contribution in [0.1, 0.15) is 35.2 Å². The smallest absolute Gasteiger partial charge is 0.169 e. The van der Waals surface area contributed by atoms with Crippen LogP contribution >= 0.6 is 0 Å². The summed E-state index contributed by atoms with van der Waals surface area (Å²) in [4.78, 5) is 2.19. The van der Waals surface area contributed by atoms with Crippen LogP contribution in [0, 0.1) is 32.1 Å². The quantitative estimate of drug-likeness (QED) is 0.939. The fourth-order valence-corrected chi connectivity index (χ4v) is 3.14. The standard InChI is InChI=1S/C19H23N5/c1-13-6-4-5-7-18(13)21-16-8-10-24(11-9-16)19-17(12-20)14(2)15(3)22-23-19/h4-7,16,21H,8-11H2,1-3H3. The SMILES string of the molecule is Cc1ccccc1NC1CCN(c2nnc(C)c(C)c2C#N)CC1. The number of para-hydroxylation sites is 1. The molecule has 2 aromatic rings. The molecule has 1 N–H and O–H groups in total. The normalized spacial score (nSPS) is 15.2. The first-order valence-electron chi connectivity index (χ1n) is 8.41. The first kappa shape index (κ1) is 16.3. The van der Waals surface area contributed by atoms with E-state index in [1.165, 1.54) is 11.3 Å². The molecule has 0 atom stereocenters. The number of nitrogens with zero attached hydrogens (tertiary/aromatic N) is 4. The van der Waals surface area contributed by atoms with Crippen molar-refractivity contribution in [2.24, 2.45) is 0 Å². The molecule has 0 radical (unpaired) electrons. The predicted molar refractivity (Wildman–Crippen MR) is 96.3 cm³/mol. The lowest BCUT2D eigenvalue weighted by molar-refractivity contribution is 0.521. The molecule has 1 aliphatic heterocycles. The van der Waals surface area contributed by atoms with E-state index in [2.05, 4.69) is 57.7 Å². The Morgan fingerprint density at radius 2 is 1.83 bits per heavy atom. The number of aromatic nitrogens is 2. The number of hydrogen-bond acceptors (Lipinski definition) is 5. The summed E-state index contributed by atoms with van der Waals surface area (Å²) in [6.07, 6.45) is 2.04. The summed E-state index contributed by atoms with van der Waals surface area (Å²) in [7, 11) is 0. The second-order valence-electron chi connectivity index (χ2n) is 6.44. The van der Waals surface area contributed by atoms with Crippen molar-refractivity contribution < 1.29 is 0 Å². The molecule has 1 fully saturated rings. The van der Waals surface area contributed by atoms with E-state index >= 15 is 0 Å². The molecule has 3 rings (SSSR count). The Hall–Kier alpha value is -2.61. The Labute approximate surface area is 143 Å². The van der Waals surface area contributed by atoms with Gasteiger partial charge >= 0.3 is 0 Å². The third-order valence-electron chi connectivity index (χ3n) is 4.85. The third kappa shape index (κ3) is 3.18. The number of anilines is 2. The lowest BCUT2D eigenvalue weighted by Crippen LogP contribution is -2.40. The van der Waals surface area contributed by atoms with Gasteiger partial charge in [-0.3, -0.25) is 0 Å². The van der Waals surface area contributed by atoms with Crippen LogP contribution in [-0.4, -0.2) is 29.3 Å². The molecule has 1 aromatic carbocycles. The van der Waals surface area contributed by atoms with Gasteiger partial charge in [-0.05, 0) is 50.8 Å². The summed E-state index contributed by atoms with van der Waals surface area (Å²) in [5.74, 6) is 0.731. The monoisotopic (exact) mass is 321 g/mol. The van der Waals surface area contributed by atoms with Crippen LogP contribution in [0.2, 0.25) is 0 Å². The lowest BCUT2D eigenvalue weighted by atomic mass is 10.0. The van der Waals surface area contributed by atoms with Gasteiger partial charge in [-0.2, -0.15) is 10.4 Å². The van der Waals surface area contributed by atoms with Gasteiger partial charge < -0.3 is 10.2 Å². The number of aryl methyl sites for hydroxylation is 2. The number of nitriles is 1. The summed E-state index contributed by atoms with van der Waals surface area (Å²) in [6.45, 7) is 7.73. The Bertz CT molecular complexity index is 770. The van der Waals surface area contributed by atoms with E-state index in [0.29, 0.717) is 11.6 Å². The molecule has 1 aromatic heterocycles. The Kier molecular flexibility index (Phi) is 4.66. The molecule has 124 valence electrons. The van der Waals surface area contributed by atoms with E-state index in [4.69, 9.17) is 0 Å². The van der Waals surface area contributed by atoms with Crippen LogP contribution < -0.4 is 10.2 Å². The second kappa shape index (κ2) is 6.88. The fraction of sp³-hybridized carbons (Fsp3) is 0.421. The van der Waals surface area contributed by atoms with E-state index in [1.807, 2.05) is 13.8 Å². The number of piperidine rings is 1. The van der Waals surface area contributed by atoms with Crippen LogP contribution in [0.3, 0.4) is 0 Å². The van der Waals surface area contributed by atoms with Crippen LogP contribution in [0.25, 0.3) is 0 Å². The van der Waals surface area contributed by atoms with Crippen molar-refractivity contribution in [3.63, 3.8) is 0 Å². The summed E-state index contributed by atoms with van der Waals surface area (Å²) in [5.41, 5.74) is 4.90. The largest absolute Gasteiger partial charge is 0.382 e. The van der Waals surface area contributed by atoms with Gasteiger partial charge in [0.15, 0.2) is 5.82 Å². The summed E-state index contributed by atoms with van der Waals surface area (Å²) < 4.78 is 0. The van der Waals surface area contributed by atoms with E-state index in [1.54, 1.807) is 0 Å². The fourth-order valence-electron chi connectivity index (χ4n) is 3.14. The minimum absolute atomic E-state index is 0.451. The number of benzene rings is 1. The highest BCUT2D eigenvalue weighted by atomic mass is 15.3. The molecule has 0 unspecified atom stereocenters. The van der Waals surface area contributed by atoms with Crippen molar-refractivity contribution >= 4 is 11.5 Å². The van der Waals surface area contributed by atoms with Gasteiger partial charge in [-0.25, -0.2) is 0 Å². The molecule has 1 saturated heterocycles. The first-order valence-corrected chi connectivity index (χ1v) is 8.41. The maximum atomic E-state index is 9.47. The highest BCUT2D eigenvalue weighted by Crippen LogP contribution is 2.26. The third-order valence-corrected chi connectivity index (χ3v) is 4.85. The predicted octanol–water partition coefficient (Wildman–Crippen LogP) is 3.35.